The van der Waals surface area contributed by atoms with E-state index in [4.69, 9.17) is 11.6 Å². The largest absolute Gasteiger partial charge is 0.348 e. The molecule has 5 heteroatoms. The molecule has 0 amide bonds. The van der Waals surface area contributed by atoms with Crippen molar-refractivity contribution >= 4 is 23.4 Å². The first-order valence-electron chi connectivity index (χ1n) is 6.46. The lowest BCUT2D eigenvalue weighted by molar-refractivity contribution is 0.512. The number of benzene rings is 1. The third-order valence-corrected chi connectivity index (χ3v) is 4.71. The molecular weight excluding hydrogens is 278 g/mol. The van der Waals surface area contributed by atoms with Gasteiger partial charge in [0.15, 0.2) is 0 Å². The van der Waals surface area contributed by atoms with Crippen molar-refractivity contribution in [3.63, 3.8) is 0 Å². The second-order valence-corrected chi connectivity index (χ2v) is 6.23. The summed E-state index contributed by atoms with van der Waals surface area (Å²) in [5.74, 6) is 1.16. The first-order chi connectivity index (χ1) is 9.33. The van der Waals surface area contributed by atoms with Crippen molar-refractivity contribution in [3.8, 4) is 0 Å². The highest BCUT2D eigenvalue weighted by molar-refractivity contribution is 7.99. The van der Waals surface area contributed by atoms with Gasteiger partial charge in [-0.25, -0.2) is 4.98 Å². The van der Waals surface area contributed by atoms with Crippen LogP contribution in [0.15, 0.2) is 35.6 Å². The van der Waals surface area contributed by atoms with Crippen LogP contribution in [0.4, 0.5) is 0 Å². The molecule has 100 valence electrons. The van der Waals surface area contributed by atoms with Crippen LogP contribution in [0.1, 0.15) is 23.7 Å². The van der Waals surface area contributed by atoms with E-state index in [-0.39, 0.29) is 0 Å². The fourth-order valence-electron chi connectivity index (χ4n) is 2.38. The number of hydrogen-bond donors (Lipinski definition) is 2. The van der Waals surface area contributed by atoms with Crippen molar-refractivity contribution in [2.24, 2.45) is 0 Å². The molecule has 19 heavy (non-hydrogen) atoms. The Bertz CT molecular complexity index is 542. The van der Waals surface area contributed by atoms with Gasteiger partial charge in [-0.3, -0.25) is 0 Å². The minimum Gasteiger partial charge on any atom is -0.348 e. The zero-order valence-electron chi connectivity index (χ0n) is 10.5. The number of aromatic amines is 1. The standard InChI is InChI=1S/C14H16ClN3S/c15-10-1-2-14-12(7-10)13(4-6-19-14)17-5-3-11-8-16-9-18-11/h1-2,7-9,13,17H,3-6H2,(H,16,18). The van der Waals surface area contributed by atoms with Crippen molar-refractivity contribution in [3.05, 3.63) is 47.0 Å². The first kappa shape index (κ1) is 13.0. The minimum atomic E-state index is 0.415. The Hall–Kier alpha value is -0.970. The van der Waals surface area contributed by atoms with Crippen LogP contribution in [-0.4, -0.2) is 22.3 Å². The second-order valence-electron chi connectivity index (χ2n) is 4.65. The van der Waals surface area contributed by atoms with E-state index in [1.165, 1.54) is 16.2 Å². The van der Waals surface area contributed by atoms with Gasteiger partial charge in [0, 0.05) is 40.8 Å². The number of rotatable bonds is 4. The number of nitrogens with zero attached hydrogens (tertiary/aromatic N) is 1. The average Bonchev–Trinajstić information content (AvgIpc) is 2.92. The summed E-state index contributed by atoms with van der Waals surface area (Å²) in [6, 6.07) is 6.61. The van der Waals surface area contributed by atoms with Crippen LogP contribution in [0, 0.1) is 0 Å². The van der Waals surface area contributed by atoms with Gasteiger partial charge in [0.05, 0.1) is 6.33 Å². The lowest BCUT2D eigenvalue weighted by Gasteiger charge is -2.26. The maximum Gasteiger partial charge on any atom is 0.0921 e. The molecule has 1 aliphatic heterocycles. The lowest BCUT2D eigenvalue weighted by atomic mass is 10.0. The van der Waals surface area contributed by atoms with Gasteiger partial charge in [0.1, 0.15) is 0 Å². The Morgan fingerprint density at radius 2 is 2.42 bits per heavy atom. The predicted octanol–water partition coefficient (Wildman–Crippen LogP) is 3.43. The molecule has 3 rings (SSSR count). The van der Waals surface area contributed by atoms with Crippen molar-refractivity contribution < 1.29 is 0 Å². The topological polar surface area (TPSA) is 40.7 Å². The van der Waals surface area contributed by atoms with E-state index < -0.39 is 0 Å². The van der Waals surface area contributed by atoms with Gasteiger partial charge in [-0.05, 0) is 35.9 Å². The smallest absolute Gasteiger partial charge is 0.0921 e. The summed E-state index contributed by atoms with van der Waals surface area (Å²) in [5, 5.41) is 4.44. The maximum atomic E-state index is 6.11. The Labute approximate surface area is 122 Å². The molecule has 2 heterocycles. The Morgan fingerprint density at radius 1 is 1.47 bits per heavy atom. The van der Waals surface area contributed by atoms with Gasteiger partial charge in [0.25, 0.3) is 0 Å². The molecule has 2 N–H and O–H groups in total. The van der Waals surface area contributed by atoms with E-state index in [0.29, 0.717) is 6.04 Å². The number of thioether (sulfide) groups is 1. The van der Waals surface area contributed by atoms with Crippen LogP contribution in [-0.2, 0) is 6.42 Å². The summed E-state index contributed by atoms with van der Waals surface area (Å²) in [5.41, 5.74) is 2.51. The summed E-state index contributed by atoms with van der Waals surface area (Å²) in [4.78, 5) is 8.51. The SMILES string of the molecule is Clc1ccc2c(c1)C(NCCc1cnc[nH]1)CCS2. The van der Waals surface area contributed by atoms with Crippen molar-refractivity contribution in [1.29, 1.82) is 0 Å². The Balaban J connectivity index is 1.64. The Kier molecular flexibility index (Phi) is 4.11. The summed E-state index contributed by atoms with van der Waals surface area (Å²) in [6.45, 7) is 0.948. The summed E-state index contributed by atoms with van der Waals surface area (Å²) in [6.07, 6.45) is 5.73. The predicted molar refractivity (Wildman–Crippen MR) is 79.8 cm³/mol. The van der Waals surface area contributed by atoms with Gasteiger partial charge in [0.2, 0.25) is 0 Å². The zero-order valence-corrected chi connectivity index (χ0v) is 12.1. The number of aromatic nitrogens is 2. The van der Waals surface area contributed by atoms with E-state index in [2.05, 4.69) is 27.4 Å². The van der Waals surface area contributed by atoms with Gasteiger partial charge in [-0.2, -0.15) is 0 Å². The lowest BCUT2D eigenvalue weighted by Crippen LogP contribution is -2.26. The molecule has 0 aliphatic carbocycles. The molecule has 0 saturated heterocycles. The molecule has 1 unspecified atom stereocenters. The molecule has 1 atom stereocenters. The quantitative estimate of drug-likeness (QED) is 0.907. The monoisotopic (exact) mass is 293 g/mol. The molecule has 1 aliphatic rings. The fourth-order valence-corrected chi connectivity index (χ4v) is 3.67. The van der Waals surface area contributed by atoms with Gasteiger partial charge in [-0.1, -0.05) is 11.6 Å². The fraction of sp³-hybridized carbons (Fsp3) is 0.357. The molecule has 1 aromatic carbocycles. The van der Waals surface area contributed by atoms with E-state index in [1.54, 1.807) is 6.33 Å². The van der Waals surface area contributed by atoms with Crippen molar-refractivity contribution in [1.82, 2.24) is 15.3 Å². The summed E-state index contributed by atoms with van der Waals surface area (Å²) < 4.78 is 0. The number of halogens is 1. The number of hydrogen-bond acceptors (Lipinski definition) is 3. The van der Waals surface area contributed by atoms with Crippen molar-refractivity contribution in [2.75, 3.05) is 12.3 Å². The first-order valence-corrected chi connectivity index (χ1v) is 7.82. The molecular formula is C14H16ClN3S. The van der Waals surface area contributed by atoms with Crippen LogP contribution in [0.3, 0.4) is 0 Å². The maximum absolute atomic E-state index is 6.11. The molecule has 0 spiro atoms. The van der Waals surface area contributed by atoms with E-state index in [9.17, 15) is 0 Å². The Morgan fingerprint density at radius 3 is 3.26 bits per heavy atom. The van der Waals surface area contributed by atoms with Gasteiger partial charge in [-0.15, -0.1) is 11.8 Å². The van der Waals surface area contributed by atoms with Gasteiger partial charge >= 0.3 is 0 Å². The molecule has 0 fully saturated rings. The molecule has 1 aromatic heterocycles. The third-order valence-electron chi connectivity index (χ3n) is 3.35. The van der Waals surface area contributed by atoms with E-state index in [1.807, 2.05) is 24.0 Å². The minimum absolute atomic E-state index is 0.415. The molecule has 0 bridgehead atoms. The average molecular weight is 294 g/mol. The number of imidazole rings is 1. The number of fused-ring (bicyclic) bond motifs is 1. The van der Waals surface area contributed by atoms with E-state index in [0.717, 1.165) is 30.2 Å². The van der Waals surface area contributed by atoms with Crippen LogP contribution in [0.25, 0.3) is 0 Å². The summed E-state index contributed by atoms with van der Waals surface area (Å²) in [7, 11) is 0. The highest BCUT2D eigenvalue weighted by Crippen LogP contribution is 2.37. The highest BCUT2D eigenvalue weighted by Gasteiger charge is 2.20. The number of nitrogens with one attached hydrogen (secondary N) is 2. The molecule has 0 saturated carbocycles. The van der Waals surface area contributed by atoms with Crippen LogP contribution in [0.5, 0.6) is 0 Å². The summed E-state index contributed by atoms with van der Waals surface area (Å²) >= 11 is 8.02. The number of H-pyrrole nitrogens is 1. The normalized spacial score (nSPS) is 18.3. The van der Waals surface area contributed by atoms with Crippen LogP contribution in [0.2, 0.25) is 5.02 Å². The second kappa shape index (κ2) is 5.99. The third kappa shape index (κ3) is 3.14. The van der Waals surface area contributed by atoms with Gasteiger partial charge < -0.3 is 10.3 Å². The molecule has 0 radical (unpaired) electrons. The highest BCUT2D eigenvalue weighted by atomic mass is 35.5. The van der Waals surface area contributed by atoms with Crippen LogP contribution >= 0.6 is 23.4 Å². The van der Waals surface area contributed by atoms with Crippen LogP contribution < -0.4 is 5.32 Å². The van der Waals surface area contributed by atoms with E-state index >= 15 is 0 Å². The molecule has 3 nitrogen and oxygen atoms in total. The molecule has 2 aromatic rings. The zero-order chi connectivity index (χ0) is 13.1. The van der Waals surface area contributed by atoms with Crippen molar-refractivity contribution in [2.45, 2.75) is 23.8 Å².